The Balaban J connectivity index is 1.68. The molecule has 0 amide bonds. The second-order valence-electron chi connectivity index (χ2n) is 8.32. The first-order valence-electron chi connectivity index (χ1n) is 10.7. The van der Waals surface area contributed by atoms with Crippen LogP contribution < -0.4 is 15.5 Å². The van der Waals surface area contributed by atoms with Gasteiger partial charge in [0.15, 0.2) is 6.29 Å². The molecule has 1 atom stereocenters. The van der Waals surface area contributed by atoms with E-state index >= 15 is 0 Å². The van der Waals surface area contributed by atoms with Gasteiger partial charge in [-0.25, -0.2) is 4.98 Å². The van der Waals surface area contributed by atoms with Gasteiger partial charge >= 0.3 is 0 Å². The van der Waals surface area contributed by atoms with Crippen LogP contribution in [0.25, 0.3) is 21.0 Å². The largest absolute Gasteiger partial charge is 0.382 e. The molecular weight excluding hydrogens is 394 g/mol. The lowest BCUT2D eigenvalue weighted by molar-refractivity contribution is 0.112. The fourth-order valence-electron chi connectivity index (χ4n) is 4.07. The molecule has 0 radical (unpaired) electrons. The van der Waals surface area contributed by atoms with E-state index in [1.807, 2.05) is 7.05 Å². The molecule has 0 unspecified atom stereocenters. The highest BCUT2D eigenvalue weighted by Crippen LogP contribution is 2.39. The van der Waals surface area contributed by atoms with Crippen molar-refractivity contribution in [2.45, 2.75) is 32.9 Å². The molecular formula is C23H31N5OS. The first-order chi connectivity index (χ1) is 14.5. The number of aromatic nitrogens is 1. The average Bonchev–Trinajstić information content (AvgIpc) is 3.15. The van der Waals surface area contributed by atoms with Crippen LogP contribution in [0.5, 0.6) is 0 Å². The summed E-state index contributed by atoms with van der Waals surface area (Å²) in [6.07, 6.45) is 0.957. The highest BCUT2D eigenvalue weighted by molar-refractivity contribution is 7.21. The molecule has 30 heavy (non-hydrogen) atoms. The van der Waals surface area contributed by atoms with Gasteiger partial charge in [-0.1, -0.05) is 0 Å². The molecule has 6 nitrogen and oxygen atoms in total. The third kappa shape index (κ3) is 4.02. The third-order valence-electron chi connectivity index (χ3n) is 6.09. The van der Waals surface area contributed by atoms with E-state index < -0.39 is 0 Å². The minimum Gasteiger partial charge on any atom is -0.382 e. The van der Waals surface area contributed by atoms with Gasteiger partial charge in [-0.15, -0.1) is 11.3 Å². The van der Waals surface area contributed by atoms with Gasteiger partial charge in [-0.3, -0.25) is 9.69 Å². The Hall–Kier alpha value is -2.22. The summed E-state index contributed by atoms with van der Waals surface area (Å²) in [5.74, 6) is 1.04. The molecule has 7 heteroatoms. The third-order valence-corrected chi connectivity index (χ3v) is 7.17. The van der Waals surface area contributed by atoms with Gasteiger partial charge in [0.1, 0.15) is 5.82 Å². The molecule has 160 valence electrons. The molecule has 2 aromatic heterocycles. The Kier molecular flexibility index (Phi) is 6.22. The molecule has 1 fully saturated rings. The molecule has 1 saturated heterocycles. The minimum absolute atomic E-state index is 0.309. The highest BCUT2D eigenvalue weighted by Gasteiger charge is 2.21. The maximum Gasteiger partial charge on any atom is 0.162 e. The number of likely N-dealkylation sites (N-methyl/N-ethyl adjacent to an activating group) is 1. The summed E-state index contributed by atoms with van der Waals surface area (Å²) >= 11 is 1.54. The molecule has 3 aromatic rings. The summed E-state index contributed by atoms with van der Waals surface area (Å²) in [6, 6.07) is 9.37. The number of aldehydes is 1. The molecule has 4 rings (SSSR count). The number of benzene rings is 1. The van der Waals surface area contributed by atoms with Crippen molar-refractivity contribution in [1.82, 2.24) is 15.2 Å². The molecule has 2 N–H and O–H groups in total. The Morgan fingerprint density at radius 2 is 1.90 bits per heavy atom. The van der Waals surface area contributed by atoms with E-state index in [4.69, 9.17) is 4.98 Å². The van der Waals surface area contributed by atoms with Gasteiger partial charge in [0.05, 0.1) is 16.1 Å². The number of nitrogens with zero attached hydrogens (tertiary/aromatic N) is 3. The zero-order valence-electron chi connectivity index (χ0n) is 18.2. The lowest BCUT2D eigenvalue weighted by Crippen LogP contribution is -2.49. The summed E-state index contributed by atoms with van der Waals surface area (Å²) in [6.45, 7) is 11.5. The SMILES string of the molecule is CN[C@H](C)CNc1c(C=O)sc2ccc3nc(N4CCN(C(C)C)CC4)ccc3c12. The summed E-state index contributed by atoms with van der Waals surface area (Å²) in [5, 5.41) is 8.93. The topological polar surface area (TPSA) is 60.5 Å². The molecule has 1 aromatic carbocycles. The zero-order chi connectivity index (χ0) is 21.3. The predicted octanol–water partition coefficient (Wildman–Crippen LogP) is 3.81. The maximum atomic E-state index is 11.7. The maximum absolute atomic E-state index is 11.7. The first-order valence-corrected chi connectivity index (χ1v) is 11.5. The van der Waals surface area contributed by atoms with E-state index in [-0.39, 0.29) is 0 Å². The van der Waals surface area contributed by atoms with Crippen molar-refractivity contribution >= 4 is 50.1 Å². The zero-order valence-corrected chi connectivity index (χ0v) is 19.1. The molecule has 3 heterocycles. The van der Waals surface area contributed by atoms with Crippen LogP contribution >= 0.6 is 11.3 Å². The van der Waals surface area contributed by atoms with Crippen molar-refractivity contribution in [2.75, 3.05) is 50.0 Å². The van der Waals surface area contributed by atoms with E-state index in [0.717, 1.165) is 76.4 Å². The molecule has 0 spiro atoms. The van der Waals surface area contributed by atoms with Crippen LogP contribution in [0.1, 0.15) is 30.4 Å². The fourth-order valence-corrected chi connectivity index (χ4v) is 5.08. The number of nitrogens with one attached hydrogen (secondary N) is 2. The van der Waals surface area contributed by atoms with E-state index in [1.165, 1.54) is 11.3 Å². The van der Waals surface area contributed by atoms with Gasteiger partial charge < -0.3 is 15.5 Å². The van der Waals surface area contributed by atoms with Crippen molar-refractivity contribution in [3.63, 3.8) is 0 Å². The minimum atomic E-state index is 0.309. The number of hydrogen-bond donors (Lipinski definition) is 2. The van der Waals surface area contributed by atoms with Crippen LogP contribution in [0.4, 0.5) is 11.5 Å². The van der Waals surface area contributed by atoms with Crippen LogP contribution in [-0.4, -0.2) is 68.0 Å². The van der Waals surface area contributed by atoms with Crippen molar-refractivity contribution in [3.8, 4) is 0 Å². The molecule has 0 saturated carbocycles. The van der Waals surface area contributed by atoms with E-state index in [0.29, 0.717) is 12.1 Å². The highest BCUT2D eigenvalue weighted by atomic mass is 32.1. The number of rotatable bonds is 7. The Labute approximate surface area is 182 Å². The lowest BCUT2D eigenvalue weighted by Gasteiger charge is -2.37. The number of carbonyl (C=O) groups is 1. The number of carbonyl (C=O) groups excluding carboxylic acids is 1. The second kappa shape index (κ2) is 8.88. The van der Waals surface area contributed by atoms with Gasteiger partial charge in [-0.2, -0.15) is 0 Å². The summed E-state index contributed by atoms with van der Waals surface area (Å²) in [5.41, 5.74) is 1.91. The van der Waals surface area contributed by atoms with Gasteiger partial charge in [-0.05, 0) is 52.1 Å². The number of piperazine rings is 1. The summed E-state index contributed by atoms with van der Waals surface area (Å²) < 4.78 is 1.12. The Morgan fingerprint density at radius 3 is 2.57 bits per heavy atom. The van der Waals surface area contributed by atoms with Crippen LogP contribution in [0.2, 0.25) is 0 Å². The molecule has 1 aliphatic rings. The van der Waals surface area contributed by atoms with Crippen LogP contribution in [0, 0.1) is 0 Å². The quantitative estimate of drug-likeness (QED) is 0.562. The van der Waals surface area contributed by atoms with E-state index in [1.54, 1.807) is 0 Å². The smallest absolute Gasteiger partial charge is 0.162 e. The van der Waals surface area contributed by atoms with Crippen molar-refractivity contribution in [2.24, 2.45) is 0 Å². The van der Waals surface area contributed by atoms with Crippen molar-refractivity contribution in [1.29, 1.82) is 0 Å². The van der Waals surface area contributed by atoms with Gasteiger partial charge in [0, 0.05) is 60.3 Å². The van der Waals surface area contributed by atoms with E-state index in [2.05, 4.69) is 65.5 Å². The molecule has 1 aliphatic heterocycles. The standard InChI is InChI=1S/C23H31N5OS/c1-15(2)27-9-11-28(12-10-27)21-8-5-17-18(26-21)6-7-19-22(17)23(20(14-29)30-19)25-13-16(3)24-4/h5-8,14-16,24-25H,9-13H2,1-4H3/t16-/m1/s1. The number of pyridine rings is 1. The molecule has 0 aliphatic carbocycles. The van der Waals surface area contributed by atoms with Crippen molar-refractivity contribution in [3.05, 3.63) is 29.1 Å². The number of thiophene rings is 1. The van der Waals surface area contributed by atoms with Crippen LogP contribution in [0.3, 0.4) is 0 Å². The van der Waals surface area contributed by atoms with E-state index in [9.17, 15) is 4.79 Å². The Morgan fingerprint density at radius 1 is 1.13 bits per heavy atom. The normalized spacial score (nSPS) is 16.5. The predicted molar refractivity (Wildman–Crippen MR) is 128 cm³/mol. The van der Waals surface area contributed by atoms with Gasteiger partial charge in [0.2, 0.25) is 0 Å². The monoisotopic (exact) mass is 425 g/mol. The summed E-state index contributed by atoms with van der Waals surface area (Å²) in [7, 11) is 1.94. The van der Waals surface area contributed by atoms with Crippen LogP contribution in [-0.2, 0) is 0 Å². The van der Waals surface area contributed by atoms with Gasteiger partial charge in [0.25, 0.3) is 0 Å². The van der Waals surface area contributed by atoms with Crippen LogP contribution in [0.15, 0.2) is 24.3 Å². The fraction of sp³-hybridized carbons (Fsp3) is 0.478. The first kappa shape index (κ1) is 21.0. The number of anilines is 2. The average molecular weight is 426 g/mol. The lowest BCUT2D eigenvalue weighted by atomic mass is 10.1. The summed E-state index contributed by atoms with van der Waals surface area (Å²) in [4.78, 5) is 22.3. The number of fused-ring (bicyclic) bond motifs is 3. The van der Waals surface area contributed by atoms with Crippen molar-refractivity contribution < 1.29 is 4.79 Å². The molecule has 0 bridgehead atoms. The Bertz CT molecular complexity index is 1040. The number of hydrogen-bond acceptors (Lipinski definition) is 7. The second-order valence-corrected chi connectivity index (χ2v) is 9.41.